The normalized spacial score (nSPS) is 10.5. The fourth-order valence-corrected chi connectivity index (χ4v) is 2.80. The molecule has 0 bridgehead atoms. The maximum Gasteiger partial charge on any atom is 0.271 e. The quantitative estimate of drug-likeness (QED) is 0.572. The van der Waals surface area contributed by atoms with Gasteiger partial charge in [0.2, 0.25) is 0 Å². The Hall–Kier alpha value is -3.41. The Morgan fingerprint density at radius 2 is 1.68 bits per heavy atom. The van der Waals surface area contributed by atoms with Crippen LogP contribution < -0.4 is 5.32 Å². The molecule has 6 nitrogen and oxygen atoms in total. The number of hydrogen-bond donors (Lipinski definition) is 1. The van der Waals surface area contributed by atoms with Crippen LogP contribution in [0.15, 0.2) is 60.7 Å². The van der Waals surface area contributed by atoms with Crippen molar-refractivity contribution in [2.45, 2.75) is 13.8 Å². The first kappa shape index (κ1) is 16.4. The summed E-state index contributed by atoms with van der Waals surface area (Å²) in [4.78, 5) is 23.1. The molecule has 0 aliphatic carbocycles. The summed E-state index contributed by atoms with van der Waals surface area (Å²) in [6, 6.07) is 17.2. The van der Waals surface area contributed by atoms with E-state index in [0.717, 1.165) is 17.1 Å². The maximum atomic E-state index is 12.7. The molecule has 0 atom stereocenters. The van der Waals surface area contributed by atoms with Gasteiger partial charge in [0.15, 0.2) is 0 Å². The molecule has 3 aromatic rings. The number of nitrogens with zero attached hydrogens (tertiary/aromatic N) is 2. The smallest absolute Gasteiger partial charge is 0.271 e. The number of rotatable bonds is 4. The molecule has 1 heterocycles. The van der Waals surface area contributed by atoms with Gasteiger partial charge < -0.3 is 9.88 Å². The first-order chi connectivity index (χ1) is 12.0. The fraction of sp³-hybridized carbons (Fsp3) is 0.105. The number of anilines is 1. The van der Waals surface area contributed by atoms with E-state index >= 15 is 0 Å². The number of nitro groups is 1. The molecule has 0 saturated carbocycles. The third-order valence-electron chi connectivity index (χ3n) is 3.98. The molecule has 0 spiro atoms. The highest BCUT2D eigenvalue weighted by Crippen LogP contribution is 2.22. The number of nitrogens with one attached hydrogen (secondary N) is 1. The van der Waals surface area contributed by atoms with E-state index in [-0.39, 0.29) is 11.6 Å². The molecule has 0 aliphatic rings. The van der Waals surface area contributed by atoms with Crippen molar-refractivity contribution in [2.24, 2.45) is 0 Å². The third kappa shape index (κ3) is 3.28. The number of carbonyl (C=O) groups excluding carboxylic acids is 1. The Labute approximate surface area is 144 Å². The van der Waals surface area contributed by atoms with Gasteiger partial charge in [-0.15, -0.1) is 0 Å². The summed E-state index contributed by atoms with van der Waals surface area (Å²) < 4.78 is 2.00. The SMILES string of the molecule is Cc1ccc(C)n1-c1ccccc1C(=O)Nc1cccc([N+](=O)[O-])c1. The van der Waals surface area contributed by atoms with Crippen molar-refractivity contribution < 1.29 is 9.72 Å². The topological polar surface area (TPSA) is 77.2 Å². The van der Waals surface area contributed by atoms with Gasteiger partial charge >= 0.3 is 0 Å². The van der Waals surface area contributed by atoms with Crippen molar-refractivity contribution in [2.75, 3.05) is 5.32 Å². The van der Waals surface area contributed by atoms with Crippen LogP contribution in [0.3, 0.4) is 0 Å². The Balaban J connectivity index is 1.96. The van der Waals surface area contributed by atoms with Gasteiger partial charge in [0, 0.05) is 29.2 Å². The van der Waals surface area contributed by atoms with E-state index in [9.17, 15) is 14.9 Å². The van der Waals surface area contributed by atoms with Crippen molar-refractivity contribution in [3.8, 4) is 5.69 Å². The third-order valence-corrected chi connectivity index (χ3v) is 3.98. The van der Waals surface area contributed by atoms with Crippen LogP contribution in [-0.2, 0) is 0 Å². The standard InChI is InChI=1S/C19H17N3O3/c1-13-10-11-14(2)21(13)18-9-4-3-8-17(18)19(23)20-15-6-5-7-16(12-15)22(24)25/h3-12H,1-2H3,(H,20,23). The molecule has 6 heteroatoms. The predicted octanol–water partition coefficient (Wildman–Crippen LogP) is 4.25. The molecule has 1 N–H and O–H groups in total. The molecule has 1 aromatic heterocycles. The van der Waals surface area contributed by atoms with E-state index in [0.29, 0.717) is 11.3 Å². The Morgan fingerprint density at radius 1 is 1.00 bits per heavy atom. The second-order valence-corrected chi connectivity index (χ2v) is 5.73. The lowest BCUT2D eigenvalue weighted by molar-refractivity contribution is -0.384. The van der Waals surface area contributed by atoms with E-state index in [2.05, 4.69) is 5.32 Å². The van der Waals surface area contributed by atoms with Crippen LogP contribution in [0.4, 0.5) is 11.4 Å². The Morgan fingerprint density at radius 3 is 2.36 bits per heavy atom. The first-order valence-corrected chi connectivity index (χ1v) is 7.77. The molecular weight excluding hydrogens is 318 g/mol. The van der Waals surface area contributed by atoms with Crippen LogP contribution in [0.5, 0.6) is 0 Å². The monoisotopic (exact) mass is 335 g/mol. The van der Waals surface area contributed by atoms with Gasteiger partial charge in [-0.25, -0.2) is 0 Å². The second kappa shape index (κ2) is 6.60. The van der Waals surface area contributed by atoms with Gasteiger partial charge in [-0.05, 0) is 44.2 Å². The molecule has 25 heavy (non-hydrogen) atoms. The number of non-ortho nitro benzene ring substituents is 1. The number of nitro benzene ring substituents is 1. The lowest BCUT2D eigenvalue weighted by atomic mass is 10.1. The molecule has 0 fully saturated rings. The average molecular weight is 335 g/mol. The van der Waals surface area contributed by atoms with E-state index in [1.165, 1.54) is 12.1 Å². The molecule has 3 rings (SSSR count). The number of aromatic nitrogens is 1. The summed E-state index contributed by atoms with van der Waals surface area (Å²) in [7, 11) is 0. The summed E-state index contributed by atoms with van der Waals surface area (Å²) in [6.45, 7) is 3.95. The van der Waals surface area contributed by atoms with Crippen molar-refractivity contribution >= 4 is 17.3 Å². The minimum atomic E-state index is -0.490. The maximum absolute atomic E-state index is 12.7. The highest BCUT2D eigenvalue weighted by Gasteiger charge is 2.15. The van der Waals surface area contributed by atoms with Gasteiger partial charge in [0.25, 0.3) is 11.6 Å². The van der Waals surface area contributed by atoms with E-state index < -0.39 is 4.92 Å². The van der Waals surface area contributed by atoms with Gasteiger partial charge in [-0.2, -0.15) is 0 Å². The molecule has 0 unspecified atom stereocenters. The summed E-state index contributed by atoms with van der Waals surface area (Å²) in [5.41, 5.74) is 3.63. The number of amides is 1. The van der Waals surface area contributed by atoms with Crippen molar-refractivity contribution in [3.05, 3.63) is 87.7 Å². The van der Waals surface area contributed by atoms with Gasteiger partial charge in [0.1, 0.15) is 0 Å². The highest BCUT2D eigenvalue weighted by atomic mass is 16.6. The molecule has 126 valence electrons. The van der Waals surface area contributed by atoms with Crippen LogP contribution in [0.2, 0.25) is 0 Å². The van der Waals surface area contributed by atoms with Gasteiger partial charge in [0.05, 0.1) is 16.2 Å². The van der Waals surface area contributed by atoms with Crippen molar-refractivity contribution in [1.29, 1.82) is 0 Å². The number of para-hydroxylation sites is 1. The molecule has 0 saturated heterocycles. The lowest BCUT2D eigenvalue weighted by Gasteiger charge is -2.14. The van der Waals surface area contributed by atoms with Crippen molar-refractivity contribution in [1.82, 2.24) is 4.57 Å². The van der Waals surface area contributed by atoms with E-state index in [1.54, 1.807) is 24.3 Å². The zero-order chi connectivity index (χ0) is 18.0. The zero-order valence-corrected chi connectivity index (χ0v) is 13.9. The van der Waals surface area contributed by atoms with Gasteiger partial charge in [-0.3, -0.25) is 14.9 Å². The first-order valence-electron chi connectivity index (χ1n) is 7.77. The van der Waals surface area contributed by atoms with Crippen molar-refractivity contribution in [3.63, 3.8) is 0 Å². The Bertz CT molecular complexity index is 941. The number of benzene rings is 2. The van der Waals surface area contributed by atoms with E-state index in [1.807, 2.05) is 42.7 Å². The largest absolute Gasteiger partial charge is 0.322 e. The molecule has 2 aromatic carbocycles. The molecule has 0 aliphatic heterocycles. The lowest BCUT2D eigenvalue weighted by Crippen LogP contribution is -2.15. The van der Waals surface area contributed by atoms with Crippen LogP contribution >= 0.6 is 0 Å². The second-order valence-electron chi connectivity index (χ2n) is 5.73. The van der Waals surface area contributed by atoms with E-state index in [4.69, 9.17) is 0 Å². The molecule has 1 amide bonds. The molecular formula is C19H17N3O3. The number of carbonyl (C=O) groups is 1. The minimum Gasteiger partial charge on any atom is -0.322 e. The predicted molar refractivity (Wildman–Crippen MR) is 96.3 cm³/mol. The average Bonchev–Trinajstić information content (AvgIpc) is 2.93. The number of hydrogen-bond acceptors (Lipinski definition) is 3. The highest BCUT2D eigenvalue weighted by molar-refractivity contribution is 6.07. The summed E-state index contributed by atoms with van der Waals surface area (Å²) >= 11 is 0. The van der Waals surface area contributed by atoms with Crippen LogP contribution in [-0.4, -0.2) is 15.4 Å². The summed E-state index contributed by atoms with van der Waals surface area (Å²) in [5, 5.41) is 13.6. The number of aryl methyl sites for hydroxylation is 2. The summed E-state index contributed by atoms with van der Waals surface area (Å²) in [6.07, 6.45) is 0. The molecule has 0 radical (unpaired) electrons. The zero-order valence-electron chi connectivity index (χ0n) is 13.9. The van der Waals surface area contributed by atoms with Gasteiger partial charge in [-0.1, -0.05) is 18.2 Å². The fourth-order valence-electron chi connectivity index (χ4n) is 2.80. The Kier molecular flexibility index (Phi) is 4.35. The minimum absolute atomic E-state index is 0.0665. The van der Waals surface area contributed by atoms with Crippen LogP contribution in [0.25, 0.3) is 5.69 Å². The van der Waals surface area contributed by atoms with Crippen LogP contribution in [0.1, 0.15) is 21.7 Å². The van der Waals surface area contributed by atoms with Crippen LogP contribution in [0, 0.1) is 24.0 Å². The summed E-state index contributed by atoms with van der Waals surface area (Å²) in [5.74, 6) is -0.316.